The highest BCUT2D eigenvalue weighted by molar-refractivity contribution is 5.80. The quantitative estimate of drug-likeness (QED) is 0.854. The molecule has 0 radical (unpaired) electrons. The van der Waals surface area contributed by atoms with Crippen LogP contribution in [0, 0.1) is 5.92 Å². The predicted octanol–water partition coefficient (Wildman–Crippen LogP) is 3.17. The van der Waals surface area contributed by atoms with Gasteiger partial charge in [-0.1, -0.05) is 12.5 Å². The summed E-state index contributed by atoms with van der Waals surface area (Å²) in [6.45, 7) is 0.883. The molecule has 0 spiro atoms. The largest absolute Gasteiger partial charge is 0.493 e. The Morgan fingerprint density at radius 3 is 2.48 bits per heavy atom. The van der Waals surface area contributed by atoms with Gasteiger partial charge in [0.25, 0.3) is 0 Å². The van der Waals surface area contributed by atoms with Crippen molar-refractivity contribution in [2.24, 2.45) is 5.92 Å². The molecule has 1 heterocycles. The zero-order chi connectivity index (χ0) is 14.8. The van der Waals surface area contributed by atoms with Crippen molar-refractivity contribution in [1.82, 2.24) is 4.90 Å². The van der Waals surface area contributed by atoms with E-state index in [9.17, 15) is 4.79 Å². The second-order valence-electron chi connectivity index (χ2n) is 5.93. The summed E-state index contributed by atoms with van der Waals surface area (Å²) in [7, 11) is 3.28. The fourth-order valence-corrected chi connectivity index (χ4v) is 3.33. The van der Waals surface area contributed by atoms with E-state index >= 15 is 0 Å². The third-order valence-electron chi connectivity index (χ3n) is 4.78. The van der Waals surface area contributed by atoms with Crippen LogP contribution in [0.25, 0.3) is 0 Å². The lowest BCUT2D eigenvalue weighted by Gasteiger charge is -2.33. The van der Waals surface area contributed by atoms with Gasteiger partial charge in [-0.3, -0.25) is 4.79 Å². The van der Waals surface area contributed by atoms with Gasteiger partial charge in [0.1, 0.15) is 0 Å². The van der Waals surface area contributed by atoms with E-state index in [1.165, 1.54) is 6.42 Å². The highest BCUT2D eigenvalue weighted by atomic mass is 16.5. The first kappa shape index (κ1) is 14.2. The molecule has 1 amide bonds. The van der Waals surface area contributed by atoms with Crippen molar-refractivity contribution in [3.8, 4) is 11.5 Å². The number of nitrogens with zero attached hydrogens (tertiary/aromatic N) is 1. The Morgan fingerprint density at radius 2 is 1.86 bits per heavy atom. The SMILES string of the molecule is COc1ccc(C2CCCN2C(=O)C2CCC2)cc1OC. The first-order valence-electron chi connectivity index (χ1n) is 7.77. The van der Waals surface area contributed by atoms with Gasteiger partial charge in [0.05, 0.1) is 20.3 Å². The Hall–Kier alpha value is -1.71. The van der Waals surface area contributed by atoms with E-state index in [-0.39, 0.29) is 12.0 Å². The Labute approximate surface area is 126 Å². The Morgan fingerprint density at radius 1 is 1.10 bits per heavy atom. The Kier molecular flexibility index (Phi) is 4.04. The summed E-state index contributed by atoms with van der Waals surface area (Å²) >= 11 is 0. The molecule has 0 bridgehead atoms. The van der Waals surface area contributed by atoms with Crippen molar-refractivity contribution < 1.29 is 14.3 Å². The predicted molar refractivity (Wildman–Crippen MR) is 80.6 cm³/mol. The molecule has 114 valence electrons. The van der Waals surface area contributed by atoms with Crippen LogP contribution in [-0.4, -0.2) is 31.6 Å². The lowest BCUT2D eigenvalue weighted by molar-refractivity contribution is -0.139. The molecule has 1 unspecified atom stereocenters. The van der Waals surface area contributed by atoms with E-state index in [1.54, 1.807) is 14.2 Å². The van der Waals surface area contributed by atoms with Crippen LogP contribution in [0.1, 0.15) is 43.7 Å². The Balaban J connectivity index is 1.82. The molecule has 4 nitrogen and oxygen atoms in total. The zero-order valence-corrected chi connectivity index (χ0v) is 12.8. The molecule has 1 aliphatic heterocycles. The summed E-state index contributed by atoms with van der Waals surface area (Å²) in [6.07, 6.45) is 5.44. The van der Waals surface area contributed by atoms with Gasteiger partial charge in [-0.15, -0.1) is 0 Å². The van der Waals surface area contributed by atoms with E-state index in [2.05, 4.69) is 11.0 Å². The maximum Gasteiger partial charge on any atom is 0.226 e. The highest BCUT2D eigenvalue weighted by Crippen LogP contribution is 2.39. The summed E-state index contributed by atoms with van der Waals surface area (Å²) in [5.41, 5.74) is 1.15. The molecular weight excluding hydrogens is 266 g/mol. The maximum atomic E-state index is 12.6. The number of likely N-dealkylation sites (tertiary alicyclic amines) is 1. The van der Waals surface area contributed by atoms with E-state index in [0.717, 1.165) is 49.3 Å². The van der Waals surface area contributed by atoms with Gasteiger partial charge < -0.3 is 14.4 Å². The minimum Gasteiger partial charge on any atom is -0.493 e. The van der Waals surface area contributed by atoms with Gasteiger partial charge in [-0.25, -0.2) is 0 Å². The van der Waals surface area contributed by atoms with Crippen LogP contribution in [0.15, 0.2) is 18.2 Å². The van der Waals surface area contributed by atoms with Crippen molar-refractivity contribution in [3.05, 3.63) is 23.8 Å². The molecule has 3 rings (SSSR count). The van der Waals surface area contributed by atoms with Crippen molar-refractivity contribution in [2.45, 2.75) is 38.1 Å². The summed E-state index contributed by atoms with van der Waals surface area (Å²) in [6, 6.07) is 6.19. The molecule has 4 heteroatoms. The number of rotatable bonds is 4. The first-order valence-corrected chi connectivity index (χ1v) is 7.77. The van der Waals surface area contributed by atoms with Crippen LogP contribution >= 0.6 is 0 Å². The summed E-state index contributed by atoms with van der Waals surface area (Å²) in [5, 5.41) is 0. The van der Waals surface area contributed by atoms with Crippen molar-refractivity contribution >= 4 is 5.91 Å². The van der Waals surface area contributed by atoms with Crippen LogP contribution in [0.3, 0.4) is 0 Å². The van der Waals surface area contributed by atoms with Gasteiger partial charge in [0.2, 0.25) is 5.91 Å². The molecule has 1 aromatic carbocycles. The number of hydrogen-bond donors (Lipinski definition) is 0. The molecule has 0 N–H and O–H groups in total. The van der Waals surface area contributed by atoms with E-state index in [0.29, 0.717) is 5.91 Å². The smallest absolute Gasteiger partial charge is 0.226 e. The van der Waals surface area contributed by atoms with Gasteiger partial charge in [0, 0.05) is 12.5 Å². The van der Waals surface area contributed by atoms with Crippen molar-refractivity contribution in [1.29, 1.82) is 0 Å². The number of amides is 1. The molecule has 1 saturated heterocycles. The number of carbonyl (C=O) groups excluding carboxylic acids is 1. The molecule has 2 fully saturated rings. The normalized spacial score (nSPS) is 22.0. The fourth-order valence-electron chi connectivity index (χ4n) is 3.33. The molecule has 2 aliphatic rings. The van der Waals surface area contributed by atoms with Crippen LogP contribution in [0.5, 0.6) is 11.5 Å². The number of hydrogen-bond acceptors (Lipinski definition) is 3. The van der Waals surface area contributed by atoms with E-state index in [4.69, 9.17) is 9.47 Å². The third kappa shape index (κ3) is 2.59. The second-order valence-corrected chi connectivity index (χ2v) is 5.93. The van der Waals surface area contributed by atoms with Crippen LogP contribution < -0.4 is 9.47 Å². The van der Waals surface area contributed by atoms with E-state index < -0.39 is 0 Å². The molecule has 0 aromatic heterocycles. The minimum atomic E-state index is 0.193. The second kappa shape index (κ2) is 5.96. The molecule has 21 heavy (non-hydrogen) atoms. The highest BCUT2D eigenvalue weighted by Gasteiger charge is 2.36. The molecule has 1 aliphatic carbocycles. The third-order valence-corrected chi connectivity index (χ3v) is 4.78. The topological polar surface area (TPSA) is 38.8 Å². The lowest BCUT2D eigenvalue weighted by Crippen LogP contribution is -2.38. The molecule has 1 saturated carbocycles. The number of ether oxygens (including phenoxy) is 2. The number of carbonyl (C=O) groups is 1. The maximum absolute atomic E-state index is 12.6. The minimum absolute atomic E-state index is 0.193. The summed E-state index contributed by atoms with van der Waals surface area (Å²) in [5.74, 6) is 2.08. The van der Waals surface area contributed by atoms with Crippen LogP contribution in [0.4, 0.5) is 0 Å². The lowest BCUT2D eigenvalue weighted by atomic mass is 9.84. The summed E-state index contributed by atoms with van der Waals surface area (Å²) in [4.78, 5) is 14.6. The van der Waals surface area contributed by atoms with Gasteiger partial charge >= 0.3 is 0 Å². The zero-order valence-electron chi connectivity index (χ0n) is 12.8. The van der Waals surface area contributed by atoms with Gasteiger partial charge in [0.15, 0.2) is 11.5 Å². The van der Waals surface area contributed by atoms with Crippen LogP contribution in [-0.2, 0) is 4.79 Å². The monoisotopic (exact) mass is 289 g/mol. The average molecular weight is 289 g/mol. The Bertz CT molecular complexity index is 525. The van der Waals surface area contributed by atoms with Crippen molar-refractivity contribution in [2.75, 3.05) is 20.8 Å². The van der Waals surface area contributed by atoms with Crippen molar-refractivity contribution in [3.63, 3.8) is 0 Å². The molecule has 1 aromatic rings. The average Bonchev–Trinajstić information content (AvgIpc) is 2.94. The fraction of sp³-hybridized carbons (Fsp3) is 0.588. The first-order chi connectivity index (χ1) is 10.2. The number of methoxy groups -OCH3 is 2. The number of benzene rings is 1. The molecule has 1 atom stereocenters. The molecular formula is C17H23NO3. The van der Waals surface area contributed by atoms with Gasteiger partial charge in [-0.05, 0) is 43.4 Å². The van der Waals surface area contributed by atoms with Gasteiger partial charge in [-0.2, -0.15) is 0 Å². The standard InChI is InChI=1S/C17H23NO3/c1-20-15-9-8-13(11-16(15)21-2)14-7-4-10-18(14)17(19)12-5-3-6-12/h8-9,11-12,14H,3-7,10H2,1-2H3. The van der Waals surface area contributed by atoms with E-state index in [1.807, 2.05) is 12.1 Å². The van der Waals surface area contributed by atoms with Crippen LogP contribution in [0.2, 0.25) is 0 Å². The summed E-state index contributed by atoms with van der Waals surface area (Å²) < 4.78 is 10.7.